The molecule has 2 N–H and O–H groups in total. The third-order valence-corrected chi connectivity index (χ3v) is 5.65. The van der Waals surface area contributed by atoms with E-state index in [1.165, 1.54) is 6.21 Å². The Hall–Kier alpha value is -2.55. The Labute approximate surface area is 181 Å². The van der Waals surface area contributed by atoms with Crippen molar-refractivity contribution in [2.75, 3.05) is 12.4 Å². The van der Waals surface area contributed by atoms with Gasteiger partial charge in [-0.1, -0.05) is 47.1 Å². The lowest BCUT2D eigenvalue weighted by molar-refractivity contribution is -0.122. The van der Waals surface area contributed by atoms with E-state index in [0.29, 0.717) is 26.6 Å². The lowest BCUT2D eigenvalue weighted by Crippen LogP contribution is -2.28. The summed E-state index contributed by atoms with van der Waals surface area (Å²) in [4.78, 5) is 24.3. The van der Waals surface area contributed by atoms with Crippen LogP contribution >= 0.6 is 35.0 Å². The van der Waals surface area contributed by atoms with Crippen LogP contribution in [0.3, 0.4) is 0 Å². The van der Waals surface area contributed by atoms with Crippen LogP contribution in [-0.4, -0.2) is 35.6 Å². The zero-order valence-corrected chi connectivity index (χ0v) is 17.5. The van der Waals surface area contributed by atoms with E-state index in [9.17, 15) is 9.59 Å². The quantitative estimate of drug-likeness (QED) is 0.514. The minimum atomic E-state index is -0.599. The number of thioether (sulfide) groups is 1. The van der Waals surface area contributed by atoms with Crippen LogP contribution in [0.1, 0.15) is 12.0 Å². The Morgan fingerprint density at radius 1 is 1.28 bits per heavy atom. The molecular weight excluding hydrogens is 435 g/mol. The van der Waals surface area contributed by atoms with E-state index in [2.05, 4.69) is 20.8 Å². The average molecular weight is 451 g/mol. The van der Waals surface area contributed by atoms with Crippen molar-refractivity contribution < 1.29 is 14.3 Å². The van der Waals surface area contributed by atoms with E-state index >= 15 is 0 Å². The molecule has 3 rings (SSSR count). The molecule has 7 nitrogen and oxygen atoms in total. The maximum Gasteiger partial charge on any atom is 0.240 e. The summed E-state index contributed by atoms with van der Waals surface area (Å²) in [5, 5.41) is 13.8. The molecule has 1 fully saturated rings. The number of nitrogens with zero attached hydrogens (tertiary/aromatic N) is 2. The number of ether oxygens (including phenoxy) is 1. The first-order valence-corrected chi connectivity index (χ1v) is 10.1. The molecule has 1 aliphatic heterocycles. The second-order valence-corrected chi connectivity index (χ2v) is 7.87. The molecule has 0 spiro atoms. The van der Waals surface area contributed by atoms with Gasteiger partial charge in [0.1, 0.15) is 11.0 Å². The van der Waals surface area contributed by atoms with Crippen LogP contribution in [0.25, 0.3) is 0 Å². The van der Waals surface area contributed by atoms with Gasteiger partial charge in [-0.05, 0) is 30.3 Å². The number of para-hydroxylation sites is 1. The number of carbonyl (C=O) groups excluding carboxylic acids is 2. The highest BCUT2D eigenvalue weighted by molar-refractivity contribution is 8.15. The molecule has 1 aliphatic rings. The molecule has 10 heteroatoms. The average Bonchev–Trinajstić information content (AvgIpc) is 3.04. The molecule has 1 unspecified atom stereocenters. The number of hydrogen-bond donors (Lipinski definition) is 2. The van der Waals surface area contributed by atoms with E-state index < -0.39 is 5.25 Å². The predicted molar refractivity (Wildman–Crippen MR) is 117 cm³/mol. The van der Waals surface area contributed by atoms with Crippen LogP contribution in [0, 0.1) is 0 Å². The molecule has 2 amide bonds. The molecule has 1 atom stereocenters. The van der Waals surface area contributed by atoms with Crippen LogP contribution in [0.2, 0.25) is 10.0 Å². The fourth-order valence-electron chi connectivity index (χ4n) is 2.46. The smallest absolute Gasteiger partial charge is 0.240 e. The van der Waals surface area contributed by atoms with Crippen molar-refractivity contribution in [3.8, 4) is 5.75 Å². The molecule has 0 radical (unpaired) electrons. The van der Waals surface area contributed by atoms with Gasteiger partial charge in [0.05, 0.1) is 23.4 Å². The molecular formula is C19H16Cl2N4O3S. The summed E-state index contributed by atoms with van der Waals surface area (Å²) in [6.07, 6.45) is 1.51. The summed E-state index contributed by atoms with van der Waals surface area (Å²) in [6, 6.07) is 12.1. The molecule has 29 heavy (non-hydrogen) atoms. The number of amides is 2. The number of rotatable bonds is 6. The van der Waals surface area contributed by atoms with Gasteiger partial charge < -0.3 is 15.4 Å². The standard InChI is InChI=1S/C19H16Cl2N4O3S/c1-28-15-5-3-2-4-11(15)10-22-25-19-24-18(27)16(29-19)9-17(26)23-12-6-7-13(20)14(21)8-12/h2-8,10,16H,9H2,1H3,(H,23,26)(H,24,25,27)/b22-10+. The second kappa shape index (κ2) is 9.78. The molecule has 2 aromatic rings. The molecule has 0 bridgehead atoms. The lowest BCUT2D eigenvalue weighted by Gasteiger charge is -2.08. The van der Waals surface area contributed by atoms with E-state index in [1.54, 1.807) is 25.3 Å². The summed E-state index contributed by atoms with van der Waals surface area (Å²) in [5.74, 6) is 0.0387. The number of methoxy groups -OCH3 is 1. The number of benzene rings is 2. The fraction of sp³-hybridized carbons (Fsp3) is 0.158. The second-order valence-electron chi connectivity index (χ2n) is 5.87. The highest BCUT2D eigenvalue weighted by atomic mass is 35.5. The molecule has 150 valence electrons. The van der Waals surface area contributed by atoms with Gasteiger partial charge in [-0.2, -0.15) is 5.10 Å². The summed E-state index contributed by atoms with van der Waals surface area (Å²) < 4.78 is 5.23. The Balaban J connectivity index is 1.58. The summed E-state index contributed by atoms with van der Waals surface area (Å²) in [7, 11) is 1.57. The van der Waals surface area contributed by atoms with Crippen LogP contribution in [-0.2, 0) is 9.59 Å². The zero-order valence-electron chi connectivity index (χ0n) is 15.2. The van der Waals surface area contributed by atoms with Crippen molar-refractivity contribution in [3.05, 3.63) is 58.1 Å². The van der Waals surface area contributed by atoms with Gasteiger partial charge in [0, 0.05) is 17.7 Å². The van der Waals surface area contributed by atoms with Crippen molar-refractivity contribution in [1.82, 2.24) is 5.32 Å². The normalized spacial score (nSPS) is 17.6. The predicted octanol–water partition coefficient (Wildman–Crippen LogP) is 3.95. The Morgan fingerprint density at radius 2 is 2.07 bits per heavy atom. The van der Waals surface area contributed by atoms with E-state index in [-0.39, 0.29) is 18.2 Å². The van der Waals surface area contributed by atoms with Gasteiger partial charge in [0.2, 0.25) is 11.8 Å². The van der Waals surface area contributed by atoms with Crippen LogP contribution < -0.4 is 15.4 Å². The highest BCUT2D eigenvalue weighted by Gasteiger charge is 2.32. The molecule has 0 aliphatic carbocycles. The number of anilines is 1. The van der Waals surface area contributed by atoms with Crippen molar-refractivity contribution in [2.24, 2.45) is 10.2 Å². The largest absolute Gasteiger partial charge is 0.496 e. The molecule has 0 aromatic heterocycles. The molecule has 2 aromatic carbocycles. The summed E-state index contributed by atoms with van der Waals surface area (Å²) in [5.41, 5.74) is 1.26. The van der Waals surface area contributed by atoms with Gasteiger partial charge in [0.25, 0.3) is 0 Å². The van der Waals surface area contributed by atoms with Crippen LogP contribution in [0.15, 0.2) is 52.7 Å². The SMILES string of the molecule is COc1ccccc1/C=N/N=C1/NC(=O)C(CC(=O)Nc2ccc(Cl)c(Cl)c2)S1. The maximum atomic E-state index is 12.2. The van der Waals surface area contributed by atoms with Gasteiger partial charge in [-0.25, -0.2) is 0 Å². The lowest BCUT2D eigenvalue weighted by atomic mass is 10.2. The topological polar surface area (TPSA) is 92.2 Å². The van der Waals surface area contributed by atoms with Crippen LogP contribution in [0.4, 0.5) is 5.69 Å². The summed E-state index contributed by atoms with van der Waals surface area (Å²) >= 11 is 12.9. The van der Waals surface area contributed by atoms with E-state index in [1.807, 2.05) is 24.3 Å². The summed E-state index contributed by atoms with van der Waals surface area (Å²) in [6.45, 7) is 0. The first kappa shape index (κ1) is 21.2. The number of nitrogens with one attached hydrogen (secondary N) is 2. The fourth-order valence-corrected chi connectivity index (χ4v) is 3.68. The zero-order chi connectivity index (χ0) is 20.8. The van der Waals surface area contributed by atoms with Crippen molar-refractivity contribution >= 4 is 63.8 Å². The molecule has 1 heterocycles. The van der Waals surface area contributed by atoms with Gasteiger partial charge >= 0.3 is 0 Å². The Bertz CT molecular complexity index is 997. The number of carbonyl (C=O) groups is 2. The van der Waals surface area contributed by atoms with Crippen LogP contribution in [0.5, 0.6) is 5.75 Å². The highest BCUT2D eigenvalue weighted by Crippen LogP contribution is 2.26. The third-order valence-electron chi connectivity index (χ3n) is 3.83. The minimum Gasteiger partial charge on any atom is -0.496 e. The van der Waals surface area contributed by atoms with Crippen molar-refractivity contribution in [2.45, 2.75) is 11.7 Å². The number of hydrogen-bond acceptors (Lipinski definition) is 6. The first-order chi connectivity index (χ1) is 14.0. The van der Waals surface area contributed by atoms with E-state index in [4.69, 9.17) is 27.9 Å². The Morgan fingerprint density at radius 3 is 2.83 bits per heavy atom. The monoisotopic (exact) mass is 450 g/mol. The maximum absolute atomic E-state index is 12.2. The van der Waals surface area contributed by atoms with Gasteiger partial charge in [0.15, 0.2) is 5.17 Å². The molecule has 0 saturated carbocycles. The minimum absolute atomic E-state index is 0.0218. The number of amidine groups is 1. The third kappa shape index (κ3) is 5.72. The van der Waals surface area contributed by atoms with Crippen molar-refractivity contribution in [3.63, 3.8) is 0 Å². The van der Waals surface area contributed by atoms with E-state index in [0.717, 1.165) is 17.3 Å². The Kier molecular flexibility index (Phi) is 7.13. The van der Waals surface area contributed by atoms with Crippen molar-refractivity contribution in [1.29, 1.82) is 0 Å². The van der Waals surface area contributed by atoms with Gasteiger partial charge in [-0.15, -0.1) is 5.10 Å². The molecule has 1 saturated heterocycles. The van der Waals surface area contributed by atoms with Gasteiger partial charge in [-0.3, -0.25) is 9.59 Å². The first-order valence-electron chi connectivity index (χ1n) is 8.42. The number of halogens is 2.